The van der Waals surface area contributed by atoms with E-state index in [4.69, 9.17) is 23.2 Å². The predicted octanol–water partition coefficient (Wildman–Crippen LogP) is 4.09. The lowest BCUT2D eigenvalue weighted by Crippen LogP contribution is -1.92. The molecule has 0 fully saturated rings. The van der Waals surface area contributed by atoms with Crippen LogP contribution >= 0.6 is 39.1 Å². The van der Waals surface area contributed by atoms with Crippen LogP contribution < -0.4 is 0 Å². The summed E-state index contributed by atoms with van der Waals surface area (Å²) in [6, 6.07) is 5.48. The molecule has 0 aliphatic carbocycles. The lowest BCUT2D eigenvalue weighted by molar-refractivity contribution is 1.09. The maximum absolute atomic E-state index is 6.16. The van der Waals surface area contributed by atoms with E-state index in [0.29, 0.717) is 32.6 Å². The van der Waals surface area contributed by atoms with E-state index in [1.807, 2.05) is 12.1 Å². The summed E-state index contributed by atoms with van der Waals surface area (Å²) in [4.78, 5) is 8.61. The van der Waals surface area contributed by atoms with Gasteiger partial charge in [-0.2, -0.15) is 5.10 Å². The van der Waals surface area contributed by atoms with Gasteiger partial charge in [0.1, 0.15) is 5.15 Å². The molecule has 4 nitrogen and oxygen atoms in total. The fraction of sp³-hybridized carbons (Fsp3) is 0. The van der Waals surface area contributed by atoms with Crippen molar-refractivity contribution in [2.75, 3.05) is 0 Å². The summed E-state index contributed by atoms with van der Waals surface area (Å²) in [5, 5.41) is 8.23. The molecule has 0 amide bonds. The lowest BCUT2D eigenvalue weighted by Gasteiger charge is -2.06. The van der Waals surface area contributed by atoms with Crippen molar-refractivity contribution in [2.24, 2.45) is 0 Å². The summed E-state index contributed by atoms with van der Waals surface area (Å²) in [5.74, 6) is 0.453. The Bertz CT molecular complexity index is 721. The third kappa shape index (κ3) is 1.88. The van der Waals surface area contributed by atoms with Gasteiger partial charge in [-0.1, -0.05) is 29.3 Å². The molecule has 0 unspecified atom stereocenters. The molecule has 0 atom stereocenters. The van der Waals surface area contributed by atoms with Crippen LogP contribution in [0.1, 0.15) is 0 Å². The summed E-state index contributed by atoms with van der Waals surface area (Å²) < 4.78 is 0.810. The van der Waals surface area contributed by atoms with Crippen molar-refractivity contribution in [3.63, 3.8) is 0 Å². The van der Waals surface area contributed by atoms with Gasteiger partial charge >= 0.3 is 0 Å². The van der Waals surface area contributed by atoms with Crippen molar-refractivity contribution in [1.82, 2.24) is 20.2 Å². The molecule has 3 aromatic rings. The first-order valence-corrected chi connectivity index (χ1v) is 6.52. The summed E-state index contributed by atoms with van der Waals surface area (Å²) in [6.07, 6.45) is 1.59. The van der Waals surface area contributed by atoms with Gasteiger partial charge in [0.05, 0.1) is 22.2 Å². The minimum absolute atomic E-state index is 0.343. The van der Waals surface area contributed by atoms with Gasteiger partial charge in [-0.15, -0.1) is 0 Å². The first-order valence-electron chi connectivity index (χ1n) is 4.98. The molecule has 0 bridgehead atoms. The summed E-state index contributed by atoms with van der Waals surface area (Å²) in [5.41, 5.74) is 1.29. The molecule has 0 aliphatic heterocycles. The van der Waals surface area contributed by atoms with Crippen molar-refractivity contribution in [3.05, 3.63) is 39.0 Å². The zero-order valence-electron chi connectivity index (χ0n) is 8.78. The Morgan fingerprint density at radius 3 is 2.78 bits per heavy atom. The van der Waals surface area contributed by atoms with Gasteiger partial charge in [0, 0.05) is 4.47 Å². The van der Waals surface area contributed by atoms with Crippen molar-refractivity contribution in [3.8, 4) is 11.4 Å². The molecule has 1 N–H and O–H groups in total. The molecule has 0 aliphatic rings. The Hall–Kier alpha value is -1.17. The molecule has 0 saturated carbocycles. The second kappa shape index (κ2) is 4.50. The number of aromatic amines is 1. The molecular formula is C11H5BrCl2N4. The van der Waals surface area contributed by atoms with E-state index in [1.54, 1.807) is 12.3 Å². The van der Waals surface area contributed by atoms with Gasteiger partial charge in [-0.3, -0.25) is 5.10 Å². The first kappa shape index (κ1) is 11.9. The third-order valence-corrected chi connectivity index (χ3v) is 3.71. The van der Waals surface area contributed by atoms with Crippen LogP contribution in [0.3, 0.4) is 0 Å². The lowest BCUT2D eigenvalue weighted by atomic mass is 10.2. The number of aromatic nitrogens is 4. The molecule has 1 aromatic carbocycles. The maximum Gasteiger partial charge on any atom is 0.165 e. The highest BCUT2D eigenvalue weighted by molar-refractivity contribution is 9.10. The first-order chi connectivity index (χ1) is 8.66. The molecule has 2 heterocycles. The molecule has 90 valence electrons. The van der Waals surface area contributed by atoms with E-state index in [-0.39, 0.29) is 0 Å². The fourth-order valence-electron chi connectivity index (χ4n) is 1.62. The van der Waals surface area contributed by atoms with E-state index >= 15 is 0 Å². The van der Waals surface area contributed by atoms with Gasteiger partial charge in [0.2, 0.25) is 0 Å². The zero-order valence-corrected chi connectivity index (χ0v) is 11.9. The Labute approximate surface area is 120 Å². The number of hydrogen-bond acceptors (Lipinski definition) is 3. The van der Waals surface area contributed by atoms with Gasteiger partial charge in [0.15, 0.2) is 11.5 Å². The summed E-state index contributed by atoms with van der Waals surface area (Å²) >= 11 is 15.7. The molecule has 0 spiro atoms. The van der Waals surface area contributed by atoms with Crippen LogP contribution in [-0.4, -0.2) is 20.2 Å². The second-order valence-corrected chi connectivity index (χ2v) is 5.19. The van der Waals surface area contributed by atoms with E-state index in [1.165, 1.54) is 0 Å². The smallest absolute Gasteiger partial charge is 0.165 e. The van der Waals surface area contributed by atoms with E-state index < -0.39 is 0 Å². The van der Waals surface area contributed by atoms with Crippen LogP contribution in [0.4, 0.5) is 0 Å². The Balaban J connectivity index is 2.31. The van der Waals surface area contributed by atoms with Crippen molar-refractivity contribution in [2.45, 2.75) is 0 Å². The number of hydrogen-bond donors (Lipinski definition) is 1. The predicted molar refractivity (Wildman–Crippen MR) is 74.8 cm³/mol. The van der Waals surface area contributed by atoms with Gasteiger partial charge < -0.3 is 0 Å². The third-order valence-electron chi connectivity index (χ3n) is 2.45. The number of fused-ring (bicyclic) bond motifs is 1. The number of nitrogens with one attached hydrogen (secondary N) is 1. The van der Waals surface area contributed by atoms with Crippen LogP contribution in [0.2, 0.25) is 10.2 Å². The largest absolute Gasteiger partial charge is 0.261 e. The molecule has 2 aromatic heterocycles. The number of H-pyrrole nitrogens is 1. The molecule has 3 rings (SSSR count). The maximum atomic E-state index is 6.16. The summed E-state index contributed by atoms with van der Waals surface area (Å²) in [6.45, 7) is 0. The second-order valence-electron chi connectivity index (χ2n) is 3.57. The molecule has 18 heavy (non-hydrogen) atoms. The SMILES string of the molecule is Clc1cccc(Br)c1-c1nc(Cl)c2cn[nH]c2n1. The number of halogens is 3. The Morgan fingerprint density at radius 2 is 2.00 bits per heavy atom. The van der Waals surface area contributed by atoms with Crippen LogP contribution in [0.15, 0.2) is 28.9 Å². The highest BCUT2D eigenvalue weighted by Crippen LogP contribution is 2.34. The highest BCUT2D eigenvalue weighted by atomic mass is 79.9. The minimum Gasteiger partial charge on any atom is -0.261 e. The standard InChI is InChI=1S/C11H5BrCl2N4/c12-6-2-1-3-7(13)8(6)11-16-9(14)5-4-15-18-10(5)17-11/h1-4H,(H,15,16,17,18). The van der Waals surface area contributed by atoms with Crippen molar-refractivity contribution >= 4 is 50.2 Å². The fourth-order valence-corrected chi connectivity index (χ4v) is 2.76. The Morgan fingerprint density at radius 1 is 1.17 bits per heavy atom. The molecule has 0 saturated heterocycles. The monoisotopic (exact) mass is 342 g/mol. The van der Waals surface area contributed by atoms with Crippen LogP contribution in [0, 0.1) is 0 Å². The quantitative estimate of drug-likeness (QED) is 0.677. The van der Waals surface area contributed by atoms with E-state index in [2.05, 4.69) is 36.1 Å². The van der Waals surface area contributed by atoms with Crippen LogP contribution in [0.25, 0.3) is 22.4 Å². The topological polar surface area (TPSA) is 54.5 Å². The molecular weight excluding hydrogens is 339 g/mol. The summed E-state index contributed by atoms with van der Waals surface area (Å²) in [7, 11) is 0. The average Bonchev–Trinajstić information content (AvgIpc) is 2.77. The van der Waals surface area contributed by atoms with E-state index in [0.717, 1.165) is 4.47 Å². The number of nitrogens with zero attached hydrogens (tertiary/aromatic N) is 3. The minimum atomic E-state index is 0.343. The van der Waals surface area contributed by atoms with E-state index in [9.17, 15) is 0 Å². The van der Waals surface area contributed by atoms with Gasteiger partial charge in [0.25, 0.3) is 0 Å². The van der Waals surface area contributed by atoms with Crippen LogP contribution in [0.5, 0.6) is 0 Å². The zero-order chi connectivity index (χ0) is 12.7. The normalized spacial score (nSPS) is 11.1. The van der Waals surface area contributed by atoms with Crippen molar-refractivity contribution in [1.29, 1.82) is 0 Å². The molecule has 0 radical (unpaired) electrons. The van der Waals surface area contributed by atoms with Crippen LogP contribution in [-0.2, 0) is 0 Å². The number of rotatable bonds is 1. The molecule has 7 heteroatoms. The van der Waals surface area contributed by atoms with Gasteiger partial charge in [-0.25, -0.2) is 9.97 Å². The number of benzene rings is 1. The highest BCUT2D eigenvalue weighted by Gasteiger charge is 2.14. The van der Waals surface area contributed by atoms with Crippen molar-refractivity contribution < 1.29 is 0 Å². The van der Waals surface area contributed by atoms with Gasteiger partial charge in [-0.05, 0) is 28.1 Å². The average molecular weight is 344 g/mol. The Kier molecular flexibility index (Phi) is 2.97.